The fraction of sp³-hybridized carbons (Fsp3) is 0.588. The summed E-state index contributed by atoms with van der Waals surface area (Å²) in [6, 6.07) is 3.96. The van der Waals surface area contributed by atoms with Crippen molar-refractivity contribution in [1.29, 1.82) is 0 Å². The summed E-state index contributed by atoms with van der Waals surface area (Å²) in [4.78, 5) is 12.6. The Balaban J connectivity index is 1.87. The molecule has 2 bridgehead atoms. The van der Waals surface area contributed by atoms with Gasteiger partial charge in [-0.3, -0.25) is 4.79 Å². The summed E-state index contributed by atoms with van der Waals surface area (Å²) >= 11 is 0. The minimum absolute atomic E-state index is 0.00713. The van der Waals surface area contributed by atoms with Gasteiger partial charge in [-0.2, -0.15) is 0 Å². The first-order valence-corrected chi connectivity index (χ1v) is 7.97. The fourth-order valence-corrected chi connectivity index (χ4v) is 5.37. The molecule has 4 atom stereocenters. The molecule has 22 heavy (non-hydrogen) atoms. The van der Waals surface area contributed by atoms with Crippen molar-refractivity contribution in [2.24, 2.45) is 0 Å². The maximum Gasteiger partial charge on any atom is 0.174 e. The summed E-state index contributed by atoms with van der Waals surface area (Å²) in [5, 5.41) is 15.0. The molecule has 5 nitrogen and oxygen atoms in total. The van der Waals surface area contributed by atoms with Crippen LogP contribution in [0.3, 0.4) is 0 Å². The van der Waals surface area contributed by atoms with E-state index in [4.69, 9.17) is 9.47 Å². The van der Waals surface area contributed by atoms with Gasteiger partial charge in [-0.1, -0.05) is 6.07 Å². The maximum atomic E-state index is 12.6. The van der Waals surface area contributed by atoms with Crippen LogP contribution in [0.25, 0.3) is 0 Å². The lowest BCUT2D eigenvalue weighted by Gasteiger charge is -2.59. The van der Waals surface area contributed by atoms with Crippen molar-refractivity contribution in [2.45, 2.75) is 48.8 Å². The molecule has 1 spiro atoms. The van der Waals surface area contributed by atoms with Crippen LogP contribution in [0.4, 0.5) is 0 Å². The van der Waals surface area contributed by atoms with E-state index in [2.05, 4.69) is 11.4 Å². The molecule has 2 aliphatic heterocycles. The van der Waals surface area contributed by atoms with Crippen molar-refractivity contribution < 1.29 is 19.4 Å². The molecule has 1 saturated heterocycles. The van der Waals surface area contributed by atoms with Gasteiger partial charge in [-0.25, -0.2) is 0 Å². The zero-order valence-electron chi connectivity index (χ0n) is 12.5. The summed E-state index contributed by atoms with van der Waals surface area (Å²) in [7, 11) is 1.61. The van der Waals surface area contributed by atoms with Gasteiger partial charge in [-0.15, -0.1) is 0 Å². The van der Waals surface area contributed by atoms with E-state index in [0.717, 1.165) is 24.9 Å². The van der Waals surface area contributed by atoms with E-state index < -0.39 is 17.1 Å². The number of benzene rings is 1. The second kappa shape index (κ2) is 3.84. The van der Waals surface area contributed by atoms with Crippen molar-refractivity contribution in [3.8, 4) is 11.5 Å². The Labute approximate surface area is 128 Å². The summed E-state index contributed by atoms with van der Waals surface area (Å²) in [6.45, 7) is 0.802. The third-order valence-corrected chi connectivity index (χ3v) is 6.29. The topological polar surface area (TPSA) is 67.8 Å². The normalized spacial score (nSPS) is 40.9. The minimum Gasteiger partial charge on any atom is -0.493 e. The average molecular weight is 301 g/mol. The molecular weight excluding hydrogens is 282 g/mol. The number of ketones is 1. The van der Waals surface area contributed by atoms with Gasteiger partial charge in [0.05, 0.1) is 18.1 Å². The van der Waals surface area contributed by atoms with Gasteiger partial charge in [0.15, 0.2) is 23.4 Å². The first kappa shape index (κ1) is 12.9. The molecule has 2 fully saturated rings. The number of nitrogens with one attached hydrogen (secondary N) is 1. The van der Waals surface area contributed by atoms with Crippen molar-refractivity contribution in [3.05, 3.63) is 23.3 Å². The Morgan fingerprint density at radius 1 is 1.41 bits per heavy atom. The predicted molar refractivity (Wildman–Crippen MR) is 78.4 cm³/mol. The van der Waals surface area contributed by atoms with Gasteiger partial charge in [0.2, 0.25) is 0 Å². The Bertz CT molecular complexity index is 702. The van der Waals surface area contributed by atoms with Crippen molar-refractivity contribution in [3.63, 3.8) is 0 Å². The number of aliphatic hydroxyl groups is 1. The molecule has 0 amide bonds. The summed E-state index contributed by atoms with van der Waals surface area (Å²) in [6.07, 6.45) is 1.83. The van der Waals surface area contributed by atoms with E-state index >= 15 is 0 Å². The van der Waals surface area contributed by atoms with E-state index in [-0.39, 0.29) is 11.8 Å². The first-order valence-electron chi connectivity index (χ1n) is 7.97. The van der Waals surface area contributed by atoms with Gasteiger partial charge in [0.25, 0.3) is 0 Å². The van der Waals surface area contributed by atoms with Crippen LogP contribution in [-0.2, 0) is 16.6 Å². The quantitative estimate of drug-likeness (QED) is 0.799. The van der Waals surface area contributed by atoms with E-state index in [9.17, 15) is 9.90 Å². The van der Waals surface area contributed by atoms with Crippen LogP contribution < -0.4 is 14.8 Å². The molecule has 2 aliphatic carbocycles. The van der Waals surface area contributed by atoms with Crippen molar-refractivity contribution in [1.82, 2.24) is 5.32 Å². The summed E-state index contributed by atoms with van der Waals surface area (Å²) in [5.41, 5.74) is 0.699. The van der Waals surface area contributed by atoms with Crippen molar-refractivity contribution in [2.75, 3.05) is 13.7 Å². The third kappa shape index (κ3) is 1.16. The maximum absolute atomic E-state index is 12.6. The summed E-state index contributed by atoms with van der Waals surface area (Å²) < 4.78 is 11.6. The highest BCUT2D eigenvalue weighted by atomic mass is 16.5. The van der Waals surface area contributed by atoms with Crippen LogP contribution in [0, 0.1) is 0 Å². The van der Waals surface area contributed by atoms with E-state index in [1.165, 1.54) is 5.56 Å². The number of Topliss-reactive ketones (excluding diaryl/α,β-unsaturated/α-hetero) is 1. The minimum atomic E-state index is -0.908. The number of piperidine rings is 1. The number of hydrogen-bond donors (Lipinski definition) is 2. The molecule has 2 N–H and O–H groups in total. The van der Waals surface area contributed by atoms with Crippen LogP contribution in [0.5, 0.6) is 11.5 Å². The Hall–Kier alpha value is -1.59. The van der Waals surface area contributed by atoms with Crippen LogP contribution >= 0.6 is 0 Å². The molecule has 0 radical (unpaired) electrons. The van der Waals surface area contributed by atoms with E-state index in [1.54, 1.807) is 7.11 Å². The molecule has 5 rings (SSSR count). The van der Waals surface area contributed by atoms with Crippen LogP contribution in [-0.4, -0.2) is 42.3 Å². The molecule has 116 valence electrons. The zero-order chi connectivity index (χ0) is 15.1. The number of ether oxygens (including phenoxy) is 2. The van der Waals surface area contributed by atoms with Gasteiger partial charge in [-0.05, 0) is 37.4 Å². The predicted octanol–water partition coefficient (Wildman–Crippen LogP) is 0.706. The highest BCUT2D eigenvalue weighted by Crippen LogP contribution is 2.63. The monoisotopic (exact) mass is 301 g/mol. The Morgan fingerprint density at radius 2 is 2.27 bits per heavy atom. The van der Waals surface area contributed by atoms with Gasteiger partial charge in [0, 0.05) is 18.0 Å². The molecular formula is C17H19NO4. The van der Waals surface area contributed by atoms with Gasteiger partial charge >= 0.3 is 0 Å². The Morgan fingerprint density at radius 3 is 3.09 bits per heavy atom. The third-order valence-electron chi connectivity index (χ3n) is 6.29. The van der Waals surface area contributed by atoms with Crippen LogP contribution in [0.15, 0.2) is 12.1 Å². The van der Waals surface area contributed by atoms with Crippen molar-refractivity contribution >= 4 is 5.78 Å². The average Bonchev–Trinajstić information content (AvgIpc) is 2.85. The summed E-state index contributed by atoms with van der Waals surface area (Å²) in [5.74, 6) is 1.45. The molecule has 0 aromatic heterocycles. The molecule has 2 unspecified atom stereocenters. The lowest BCUT2D eigenvalue weighted by Crippen LogP contribution is -2.76. The largest absolute Gasteiger partial charge is 0.493 e. The molecule has 5 heteroatoms. The Kier molecular flexibility index (Phi) is 2.25. The lowest BCUT2D eigenvalue weighted by molar-refractivity contribution is -0.166. The fourth-order valence-electron chi connectivity index (χ4n) is 5.37. The smallest absolute Gasteiger partial charge is 0.174 e. The number of carbonyl (C=O) groups excluding carboxylic acids is 1. The molecule has 1 saturated carbocycles. The van der Waals surface area contributed by atoms with Crippen LogP contribution in [0.2, 0.25) is 0 Å². The number of rotatable bonds is 1. The standard InChI is InChI=1S/C17H19NO4/c1-21-11-3-2-9-8-12-17(20)5-4-10(19)15-16(17,6-7-18-12)13(9)14(11)22-15/h2-3,12,15,18,20H,4-8H2,1H3/t12?,15?,16-,17+/m1/s1. The second-order valence-electron chi connectivity index (χ2n) is 6.95. The highest BCUT2D eigenvalue weighted by Gasteiger charge is 2.71. The number of hydrogen-bond acceptors (Lipinski definition) is 5. The highest BCUT2D eigenvalue weighted by molar-refractivity contribution is 5.90. The van der Waals surface area contributed by atoms with E-state index in [0.29, 0.717) is 24.3 Å². The molecule has 1 aromatic rings. The second-order valence-corrected chi connectivity index (χ2v) is 6.95. The van der Waals surface area contributed by atoms with E-state index in [1.807, 2.05) is 6.07 Å². The molecule has 4 aliphatic rings. The first-order chi connectivity index (χ1) is 10.6. The SMILES string of the molecule is COc1ccc2c3c1OC1C(=O)CC[C@]4(O)C(C2)NCC[C@@]314. The van der Waals surface area contributed by atoms with Crippen LogP contribution in [0.1, 0.15) is 30.4 Å². The lowest BCUT2D eigenvalue weighted by atomic mass is 9.49. The number of methoxy groups -OCH3 is 1. The molecule has 2 heterocycles. The molecule has 1 aromatic carbocycles. The van der Waals surface area contributed by atoms with Gasteiger partial charge in [0.1, 0.15) is 0 Å². The zero-order valence-corrected chi connectivity index (χ0v) is 12.5. The number of carbonyl (C=O) groups is 1. The van der Waals surface area contributed by atoms with Gasteiger partial charge < -0.3 is 19.9 Å².